The molecule has 0 atom stereocenters. The Labute approximate surface area is 184 Å². The van der Waals surface area contributed by atoms with Crippen LogP contribution in [0.5, 0.6) is 11.5 Å². The molecule has 2 amide bonds. The second kappa shape index (κ2) is 9.68. The van der Waals surface area contributed by atoms with E-state index in [-0.39, 0.29) is 22.8 Å². The third kappa shape index (κ3) is 4.95. The van der Waals surface area contributed by atoms with Gasteiger partial charge in [-0.1, -0.05) is 23.5 Å². The number of aromatic nitrogens is 1. The van der Waals surface area contributed by atoms with Gasteiger partial charge in [-0.2, -0.15) is 0 Å². The first-order valence-electron chi connectivity index (χ1n) is 8.64. The summed E-state index contributed by atoms with van der Waals surface area (Å²) in [6, 6.07) is 10.8. The first-order valence-corrected chi connectivity index (χ1v) is 10.2. The van der Waals surface area contributed by atoms with Gasteiger partial charge in [0.1, 0.15) is 22.3 Å². The number of anilines is 1. The fraction of sp³-hybridized carbons (Fsp3) is 0.150. The van der Waals surface area contributed by atoms with Gasteiger partial charge >= 0.3 is 0 Å². The molecule has 2 aromatic carbocycles. The number of rotatable bonds is 7. The number of hydrogen-bond donors (Lipinski definition) is 2. The summed E-state index contributed by atoms with van der Waals surface area (Å²) < 4.78 is 24.7. The van der Waals surface area contributed by atoms with Crippen LogP contribution in [-0.2, 0) is 6.54 Å². The van der Waals surface area contributed by atoms with Crippen LogP contribution in [0, 0.1) is 5.82 Å². The minimum absolute atomic E-state index is 0.0176. The Balaban J connectivity index is 1.75. The van der Waals surface area contributed by atoms with Crippen molar-refractivity contribution < 1.29 is 23.5 Å². The molecule has 0 radical (unpaired) electrons. The van der Waals surface area contributed by atoms with Gasteiger partial charge in [-0.3, -0.25) is 9.59 Å². The molecule has 0 spiro atoms. The van der Waals surface area contributed by atoms with E-state index in [1.54, 1.807) is 31.4 Å². The van der Waals surface area contributed by atoms with Gasteiger partial charge < -0.3 is 20.1 Å². The number of halogens is 2. The Morgan fingerprint density at radius 2 is 1.90 bits per heavy atom. The molecule has 3 rings (SSSR count). The van der Waals surface area contributed by atoms with E-state index in [9.17, 15) is 14.0 Å². The fourth-order valence-corrected chi connectivity index (χ4v) is 3.95. The highest BCUT2D eigenvalue weighted by Gasteiger charge is 2.21. The zero-order valence-electron chi connectivity index (χ0n) is 16.0. The molecule has 156 valence electrons. The molecule has 0 fully saturated rings. The molecule has 1 heterocycles. The number of thiazole rings is 1. The smallest absolute Gasteiger partial charge is 0.273 e. The molecule has 1 aromatic heterocycles. The first-order chi connectivity index (χ1) is 14.4. The van der Waals surface area contributed by atoms with Crippen LogP contribution in [0.25, 0.3) is 0 Å². The lowest BCUT2D eigenvalue weighted by molar-refractivity contribution is 0.0947. The summed E-state index contributed by atoms with van der Waals surface area (Å²) in [7, 11) is 3.07. The molecule has 0 aliphatic carbocycles. The van der Waals surface area contributed by atoms with Gasteiger partial charge in [-0.25, -0.2) is 9.37 Å². The van der Waals surface area contributed by atoms with E-state index in [0.29, 0.717) is 15.4 Å². The molecule has 30 heavy (non-hydrogen) atoms. The molecule has 7 nitrogen and oxygen atoms in total. The van der Waals surface area contributed by atoms with E-state index in [2.05, 4.69) is 31.5 Å². The first kappa shape index (κ1) is 21.7. The predicted octanol–water partition coefficient (Wildman–Crippen LogP) is 4.24. The van der Waals surface area contributed by atoms with E-state index in [1.165, 1.54) is 25.3 Å². The van der Waals surface area contributed by atoms with Crippen molar-refractivity contribution in [2.75, 3.05) is 19.5 Å². The van der Waals surface area contributed by atoms with Crippen molar-refractivity contribution in [3.8, 4) is 11.5 Å². The lowest BCUT2D eigenvalue weighted by atomic mass is 10.2. The van der Waals surface area contributed by atoms with Crippen molar-refractivity contribution in [2.24, 2.45) is 0 Å². The summed E-state index contributed by atoms with van der Waals surface area (Å²) >= 11 is 4.27. The van der Waals surface area contributed by atoms with Crippen molar-refractivity contribution in [1.29, 1.82) is 0 Å². The number of carbonyl (C=O) groups is 2. The molecular formula is C20H17BrFN3O4S. The van der Waals surface area contributed by atoms with Crippen LogP contribution in [0.3, 0.4) is 0 Å². The molecule has 10 heteroatoms. The van der Waals surface area contributed by atoms with E-state index in [0.717, 1.165) is 16.9 Å². The van der Waals surface area contributed by atoms with E-state index >= 15 is 0 Å². The summed E-state index contributed by atoms with van der Waals surface area (Å²) in [4.78, 5) is 29.2. The molecule has 0 saturated heterocycles. The number of hydrogen-bond acceptors (Lipinski definition) is 6. The third-order valence-electron chi connectivity index (χ3n) is 4.10. The average molecular weight is 494 g/mol. The Bertz CT molecular complexity index is 1090. The van der Waals surface area contributed by atoms with Crippen molar-refractivity contribution in [3.05, 3.63) is 69.0 Å². The van der Waals surface area contributed by atoms with Crippen LogP contribution in [-0.4, -0.2) is 31.0 Å². The Kier molecular flexibility index (Phi) is 7.01. The lowest BCUT2D eigenvalue weighted by Gasteiger charge is -2.11. The van der Waals surface area contributed by atoms with Gasteiger partial charge in [0.15, 0.2) is 9.61 Å². The van der Waals surface area contributed by atoms with Crippen molar-refractivity contribution in [1.82, 2.24) is 10.3 Å². The zero-order valence-corrected chi connectivity index (χ0v) is 18.4. The second-order valence-corrected chi connectivity index (χ2v) is 8.21. The maximum atomic E-state index is 13.9. The van der Waals surface area contributed by atoms with E-state index < -0.39 is 17.6 Å². The largest absolute Gasteiger partial charge is 0.497 e. The van der Waals surface area contributed by atoms with Crippen LogP contribution in [0.2, 0.25) is 0 Å². The topological polar surface area (TPSA) is 89.5 Å². The average Bonchev–Trinajstić information content (AvgIpc) is 3.12. The van der Waals surface area contributed by atoms with Gasteiger partial charge in [0.05, 0.1) is 19.8 Å². The summed E-state index contributed by atoms with van der Waals surface area (Å²) in [6.07, 6.45) is 0. The fourth-order valence-electron chi connectivity index (χ4n) is 2.61. The van der Waals surface area contributed by atoms with Crippen LogP contribution >= 0.6 is 27.3 Å². The minimum atomic E-state index is -0.671. The van der Waals surface area contributed by atoms with E-state index in [1.807, 2.05) is 0 Å². The quantitative estimate of drug-likeness (QED) is 0.513. The van der Waals surface area contributed by atoms with E-state index in [4.69, 9.17) is 9.47 Å². The molecular weight excluding hydrogens is 477 g/mol. The van der Waals surface area contributed by atoms with Crippen LogP contribution in [0.1, 0.15) is 26.4 Å². The Hall–Kier alpha value is -2.98. The number of nitrogens with one attached hydrogen (secondary N) is 2. The number of carbonyl (C=O) groups excluding carboxylic acids is 2. The third-order valence-corrected chi connectivity index (χ3v) is 5.52. The Morgan fingerprint density at radius 3 is 2.60 bits per heavy atom. The maximum Gasteiger partial charge on any atom is 0.273 e. The van der Waals surface area contributed by atoms with Crippen LogP contribution in [0.15, 0.2) is 46.4 Å². The molecule has 0 saturated carbocycles. The highest BCUT2D eigenvalue weighted by molar-refractivity contribution is 9.11. The van der Waals surface area contributed by atoms with Crippen LogP contribution in [0.4, 0.5) is 9.39 Å². The summed E-state index contributed by atoms with van der Waals surface area (Å²) in [5, 5.41) is 5.50. The summed E-state index contributed by atoms with van der Waals surface area (Å²) in [5.74, 6) is -0.643. The molecule has 0 aliphatic heterocycles. The zero-order chi connectivity index (χ0) is 21.7. The molecule has 0 aliphatic rings. The number of nitrogens with zero attached hydrogens (tertiary/aromatic N) is 1. The standard InChI is InChI=1S/C20H17BrFN3O4S/c1-28-12-8-7-11(15(9-12)29-2)10-23-18(27)16-19(30-20(21)24-16)25-17(26)13-5-3-4-6-14(13)22/h3-9H,10H2,1-2H3,(H,23,27)(H,25,26). The number of methoxy groups -OCH3 is 2. The van der Waals surface area contributed by atoms with Gasteiger partial charge in [0.25, 0.3) is 11.8 Å². The SMILES string of the molecule is COc1ccc(CNC(=O)c2nc(Br)sc2NC(=O)c2ccccc2F)c(OC)c1. The lowest BCUT2D eigenvalue weighted by Crippen LogP contribution is -2.25. The van der Waals surface area contributed by atoms with Gasteiger partial charge in [-0.15, -0.1) is 0 Å². The molecule has 3 aromatic rings. The van der Waals surface area contributed by atoms with Crippen molar-refractivity contribution in [3.63, 3.8) is 0 Å². The van der Waals surface area contributed by atoms with Gasteiger partial charge in [0.2, 0.25) is 0 Å². The summed E-state index contributed by atoms with van der Waals surface area (Å²) in [5.41, 5.74) is 0.623. The summed E-state index contributed by atoms with van der Waals surface area (Å²) in [6.45, 7) is 0.168. The number of benzene rings is 2. The van der Waals surface area contributed by atoms with Gasteiger partial charge in [0, 0.05) is 18.2 Å². The van der Waals surface area contributed by atoms with Crippen LogP contribution < -0.4 is 20.1 Å². The highest BCUT2D eigenvalue weighted by Crippen LogP contribution is 2.30. The molecule has 0 unspecified atom stereocenters. The number of ether oxygens (including phenoxy) is 2. The molecule has 0 bridgehead atoms. The van der Waals surface area contributed by atoms with Gasteiger partial charge in [-0.05, 0) is 40.2 Å². The monoisotopic (exact) mass is 493 g/mol. The second-order valence-electron chi connectivity index (χ2n) is 5.94. The maximum absolute atomic E-state index is 13.9. The van der Waals surface area contributed by atoms with Crippen molar-refractivity contribution in [2.45, 2.75) is 6.54 Å². The minimum Gasteiger partial charge on any atom is -0.497 e. The normalized spacial score (nSPS) is 10.4. The Morgan fingerprint density at radius 1 is 1.13 bits per heavy atom. The highest BCUT2D eigenvalue weighted by atomic mass is 79.9. The predicted molar refractivity (Wildman–Crippen MR) is 115 cm³/mol. The molecule has 2 N–H and O–H groups in total. The van der Waals surface area contributed by atoms with Crippen molar-refractivity contribution >= 4 is 44.1 Å². The number of amides is 2.